The summed E-state index contributed by atoms with van der Waals surface area (Å²) >= 11 is 2.20. The largest absolute Gasteiger partial charge is 2.00 e. The fourth-order valence-corrected chi connectivity index (χ4v) is 2.71. The van der Waals surface area contributed by atoms with Crippen molar-refractivity contribution in [3.8, 4) is 0 Å². The van der Waals surface area contributed by atoms with E-state index < -0.39 is 0 Å². The second-order valence-corrected chi connectivity index (χ2v) is 6.31. The van der Waals surface area contributed by atoms with Gasteiger partial charge >= 0.3 is 17.1 Å². The van der Waals surface area contributed by atoms with Crippen LogP contribution in [0.3, 0.4) is 0 Å². The molecule has 1 amide bonds. The van der Waals surface area contributed by atoms with Crippen molar-refractivity contribution < 1.29 is 21.9 Å². The molecular formula is C17H22FeINO+2. The van der Waals surface area contributed by atoms with Gasteiger partial charge in [0.05, 0.1) is 9.84 Å². The van der Waals surface area contributed by atoms with Crippen LogP contribution >= 0.6 is 22.6 Å². The number of halogens is 1. The molecule has 10 radical (unpaired) electrons. The number of hydrogen-bond acceptors (Lipinski definition) is 1. The second kappa shape index (κ2) is 11.3. The molecular weight excluding hydrogens is 417 g/mol. The first kappa shape index (κ1) is 21.7. The van der Waals surface area contributed by atoms with Crippen LogP contribution in [0.4, 0.5) is 0 Å². The van der Waals surface area contributed by atoms with Gasteiger partial charge in [-0.2, -0.15) is 0 Å². The number of rotatable bonds is 3. The van der Waals surface area contributed by atoms with Crippen molar-refractivity contribution in [2.75, 3.05) is 0 Å². The third-order valence-corrected chi connectivity index (χ3v) is 3.84. The number of carbonyl (C=O) groups is 1. The maximum atomic E-state index is 12.2. The quantitative estimate of drug-likeness (QED) is 0.484. The molecule has 0 aliphatic heterocycles. The van der Waals surface area contributed by atoms with Crippen LogP contribution in [0, 0.1) is 61.2 Å². The summed E-state index contributed by atoms with van der Waals surface area (Å²) in [6.07, 6.45) is 15.8. The smallest absolute Gasteiger partial charge is 0.337 e. The summed E-state index contributed by atoms with van der Waals surface area (Å²) in [6, 6.07) is 0.478. The second-order valence-electron chi connectivity index (χ2n) is 5.15. The third kappa shape index (κ3) is 7.22. The molecule has 4 heteroatoms. The Morgan fingerprint density at radius 1 is 0.905 bits per heavy atom. The van der Waals surface area contributed by atoms with E-state index in [1.807, 2.05) is 84.0 Å². The van der Waals surface area contributed by atoms with Gasteiger partial charge in [0.15, 0.2) is 0 Å². The van der Waals surface area contributed by atoms with E-state index in [2.05, 4.69) is 22.6 Å². The van der Waals surface area contributed by atoms with Crippen molar-refractivity contribution in [3.63, 3.8) is 0 Å². The Balaban J connectivity index is 0.000000562. The molecule has 114 valence electrons. The predicted molar refractivity (Wildman–Crippen MR) is 92.0 cm³/mol. The molecule has 2 rings (SSSR count). The van der Waals surface area contributed by atoms with E-state index in [0.29, 0.717) is 0 Å². The summed E-state index contributed by atoms with van der Waals surface area (Å²) in [7, 11) is 0. The van der Waals surface area contributed by atoms with E-state index in [9.17, 15) is 4.79 Å². The average molecular weight is 439 g/mol. The minimum Gasteiger partial charge on any atom is -0.337 e. The molecule has 2 aliphatic rings. The van der Waals surface area contributed by atoms with Crippen LogP contribution in [0.15, 0.2) is 0 Å². The van der Waals surface area contributed by atoms with Gasteiger partial charge in [-0.25, -0.2) is 0 Å². The molecule has 21 heavy (non-hydrogen) atoms. The van der Waals surface area contributed by atoms with Crippen LogP contribution in [0.5, 0.6) is 0 Å². The summed E-state index contributed by atoms with van der Waals surface area (Å²) < 4.78 is 1.03. The van der Waals surface area contributed by atoms with Gasteiger partial charge in [0.1, 0.15) is 0 Å². The molecule has 0 heterocycles. The van der Waals surface area contributed by atoms with Crippen LogP contribution in [0.1, 0.15) is 27.7 Å². The van der Waals surface area contributed by atoms with Crippen LogP contribution in [-0.2, 0) is 21.9 Å². The Labute approximate surface area is 155 Å². The molecule has 2 saturated carbocycles. The molecule has 0 N–H and O–H groups in total. The van der Waals surface area contributed by atoms with Crippen molar-refractivity contribution >= 4 is 28.5 Å². The first-order chi connectivity index (χ1) is 9.45. The van der Waals surface area contributed by atoms with Gasteiger partial charge in [0.2, 0.25) is 5.91 Å². The first-order valence-electron chi connectivity index (χ1n) is 6.85. The minimum absolute atomic E-state index is 0. The Morgan fingerprint density at radius 3 is 1.62 bits per heavy atom. The standard InChI is InChI=1S/C12H17INO.C5H5.Fe/c1-8(2)14(9(3)4)12(15)10-6-5-7-11(10)13;1-2-4-5-3-1;/h5-9H,1-4H3;1-5H;/q;;+2. The number of carbonyl (C=O) groups excluding carboxylic acids is 1. The van der Waals surface area contributed by atoms with Crippen LogP contribution in [0.25, 0.3) is 0 Å². The fraction of sp³-hybridized carbons (Fsp3) is 0.353. The summed E-state index contributed by atoms with van der Waals surface area (Å²) in [5.74, 6) is 0.951. The molecule has 0 bridgehead atoms. The zero-order valence-electron chi connectivity index (χ0n) is 12.9. The summed E-state index contributed by atoms with van der Waals surface area (Å²) in [4.78, 5) is 14.1. The molecule has 0 saturated heterocycles. The van der Waals surface area contributed by atoms with Gasteiger partial charge in [0, 0.05) is 12.1 Å². The maximum Gasteiger partial charge on any atom is 2.00 e. The van der Waals surface area contributed by atoms with E-state index in [1.165, 1.54) is 0 Å². The topological polar surface area (TPSA) is 20.3 Å². The maximum absolute atomic E-state index is 12.2. The van der Waals surface area contributed by atoms with Gasteiger partial charge in [-0.15, -0.1) is 0 Å². The Kier molecular flexibility index (Phi) is 11.7. The number of amides is 1. The Morgan fingerprint density at radius 2 is 1.33 bits per heavy atom. The average Bonchev–Trinajstić information content (AvgIpc) is 3.00. The Bertz CT molecular complexity index is 277. The SMILES string of the molecule is CC(C)N(C(=O)[C]1[CH][CH][CH][C]1I)C(C)C.[CH]1[CH][CH][CH][CH]1.[Fe+2]. The van der Waals surface area contributed by atoms with Gasteiger partial charge in [-0.05, 0) is 79.1 Å². The van der Waals surface area contributed by atoms with Crippen molar-refractivity contribution in [3.05, 3.63) is 61.2 Å². The van der Waals surface area contributed by atoms with E-state index >= 15 is 0 Å². The number of hydrogen-bond donors (Lipinski definition) is 0. The summed E-state index contributed by atoms with van der Waals surface area (Å²) in [5.41, 5.74) is 0. The number of nitrogens with zero attached hydrogens (tertiary/aromatic N) is 1. The van der Waals surface area contributed by atoms with E-state index in [0.717, 1.165) is 9.84 Å². The molecule has 0 spiro atoms. The van der Waals surface area contributed by atoms with E-state index in [1.54, 1.807) is 0 Å². The third-order valence-electron chi connectivity index (χ3n) is 2.90. The van der Waals surface area contributed by atoms with Gasteiger partial charge in [0.25, 0.3) is 0 Å². The van der Waals surface area contributed by atoms with Gasteiger partial charge in [-0.3, -0.25) is 4.79 Å². The summed E-state index contributed by atoms with van der Waals surface area (Å²) in [6.45, 7) is 8.20. The van der Waals surface area contributed by atoms with Crippen molar-refractivity contribution in [2.24, 2.45) is 0 Å². The van der Waals surface area contributed by atoms with Gasteiger partial charge < -0.3 is 4.90 Å². The molecule has 0 unspecified atom stereocenters. The molecule has 2 nitrogen and oxygen atoms in total. The molecule has 0 aromatic rings. The first-order valence-corrected chi connectivity index (χ1v) is 7.93. The molecule has 2 aliphatic carbocycles. The van der Waals surface area contributed by atoms with E-state index in [-0.39, 0.29) is 35.1 Å². The van der Waals surface area contributed by atoms with Crippen LogP contribution in [-0.4, -0.2) is 22.9 Å². The van der Waals surface area contributed by atoms with Crippen molar-refractivity contribution in [1.29, 1.82) is 0 Å². The van der Waals surface area contributed by atoms with Crippen LogP contribution < -0.4 is 0 Å². The fourth-order valence-electron chi connectivity index (χ4n) is 2.10. The minimum atomic E-state index is 0. The summed E-state index contributed by atoms with van der Waals surface area (Å²) in [5, 5.41) is 0. The zero-order valence-corrected chi connectivity index (χ0v) is 16.1. The molecule has 0 atom stereocenters. The molecule has 2 fully saturated rings. The van der Waals surface area contributed by atoms with E-state index in [4.69, 9.17) is 0 Å². The van der Waals surface area contributed by atoms with Crippen LogP contribution in [0.2, 0.25) is 0 Å². The monoisotopic (exact) mass is 439 g/mol. The zero-order chi connectivity index (χ0) is 15.1. The van der Waals surface area contributed by atoms with Gasteiger partial charge in [-0.1, -0.05) is 22.6 Å². The Hall–Kier alpha value is 0.719. The molecule has 0 aromatic carbocycles. The normalized spacial score (nSPS) is 19.4. The predicted octanol–water partition coefficient (Wildman–Crippen LogP) is 3.82. The molecule has 0 aromatic heterocycles. The van der Waals surface area contributed by atoms with Crippen molar-refractivity contribution in [1.82, 2.24) is 4.90 Å². The van der Waals surface area contributed by atoms with Crippen molar-refractivity contribution in [2.45, 2.75) is 39.8 Å².